The van der Waals surface area contributed by atoms with Crippen LogP contribution >= 0.6 is 0 Å². The minimum absolute atomic E-state index is 0.105. The lowest BCUT2D eigenvalue weighted by Crippen LogP contribution is -2.33. The van der Waals surface area contributed by atoms with E-state index in [-0.39, 0.29) is 5.60 Å². The highest BCUT2D eigenvalue weighted by Gasteiger charge is 2.31. The summed E-state index contributed by atoms with van der Waals surface area (Å²) in [6, 6.07) is 8.18. The zero-order chi connectivity index (χ0) is 19.3. The number of rotatable bonds is 3. The van der Waals surface area contributed by atoms with E-state index in [0.717, 1.165) is 46.8 Å². The van der Waals surface area contributed by atoms with Crippen LogP contribution in [0.4, 0.5) is 0 Å². The van der Waals surface area contributed by atoms with Gasteiger partial charge >= 0.3 is 0 Å². The largest absolute Gasteiger partial charge is 0.487 e. The fourth-order valence-electron chi connectivity index (χ4n) is 4.03. The van der Waals surface area contributed by atoms with Gasteiger partial charge in [0.05, 0.1) is 11.0 Å². The third kappa shape index (κ3) is 2.97. The Labute approximate surface area is 161 Å². The van der Waals surface area contributed by atoms with Crippen molar-refractivity contribution < 1.29 is 9.47 Å². The predicted molar refractivity (Wildman–Crippen MR) is 109 cm³/mol. The SMILES string of the molecule is Cc1c(C)c2c(c(C)c1OCc1nc3ccccc3n1C)CCC(C)(C)O2. The Balaban J connectivity index is 1.68. The number of imidazole rings is 1. The molecule has 0 spiro atoms. The van der Waals surface area contributed by atoms with E-state index in [9.17, 15) is 0 Å². The molecule has 0 amide bonds. The van der Waals surface area contributed by atoms with Crippen LogP contribution in [0, 0.1) is 20.8 Å². The Bertz CT molecular complexity index is 1030. The van der Waals surface area contributed by atoms with Crippen molar-refractivity contribution in [1.29, 1.82) is 0 Å². The quantitative estimate of drug-likeness (QED) is 0.642. The van der Waals surface area contributed by atoms with E-state index in [2.05, 4.69) is 45.3 Å². The van der Waals surface area contributed by atoms with Crippen LogP contribution in [0.25, 0.3) is 11.0 Å². The smallest absolute Gasteiger partial charge is 0.147 e. The number of aryl methyl sites for hydroxylation is 1. The first-order valence-corrected chi connectivity index (χ1v) is 9.63. The molecule has 0 fully saturated rings. The average molecular weight is 364 g/mol. The second-order valence-corrected chi connectivity index (χ2v) is 8.24. The summed E-state index contributed by atoms with van der Waals surface area (Å²) in [6.45, 7) is 11.2. The van der Waals surface area contributed by atoms with E-state index in [1.807, 2.05) is 25.2 Å². The summed E-state index contributed by atoms with van der Waals surface area (Å²) in [5.41, 5.74) is 6.85. The highest BCUT2D eigenvalue weighted by atomic mass is 16.5. The average Bonchev–Trinajstić information content (AvgIpc) is 2.95. The molecule has 4 heteroatoms. The Morgan fingerprint density at radius 3 is 2.59 bits per heavy atom. The lowest BCUT2D eigenvalue weighted by molar-refractivity contribution is 0.0830. The van der Waals surface area contributed by atoms with E-state index in [1.165, 1.54) is 16.7 Å². The lowest BCUT2D eigenvalue weighted by Gasteiger charge is -2.35. The number of benzene rings is 2. The summed E-state index contributed by atoms with van der Waals surface area (Å²) in [6.07, 6.45) is 2.05. The van der Waals surface area contributed by atoms with Gasteiger partial charge in [-0.3, -0.25) is 0 Å². The van der Waals surface area contributed by atoms with E-state index < -0.39 is 0 Å². The third-order valence-corrected chi connectivity index (χ3v) is 5.89. The summed E-state index contributed by atoms with van der Waals surface area (Å²) in [5.74, 6) is 2.96. The molecule has 2 aromatic carbocycles. The molecule has 0 atom stereocenters. The Morgan fingerprint density at radius 2 is 1.85 bits per heavy atom. The fraction of sp³-hybridized carbons (Fsp3) is 0.435. The number of fused-ring (bicyclic) bond motifs is 2. The monoisotopic (exact) mass is 364 g/mol. The van der Waals surface area contributed by atoms with Crippen LogP contribution in [-0.2, 0) is 20.1 Å². The van der Waals surface area contributed by atoms with Crippen molar-refractivity contribution in [3.05, 3.63) is 52.3 Å². The standard InChI is InChI=1S/C23H28N2O2/c1-14-15(2)22-17(11-12-23(4,5)27-22)16(3)21(14)26-13-20-24-18-9-7-8-10-19(18)25(20)6/h7-10H,11-13H2,1-6H3. The molecule has 1 aromatic heterocycles. The van der Waals surface area contributed by atoms with Gasteiger partial charge < -0.3 is 14.0 Å². The van der Waals surface area contributed by atoms with Gasteiger partial charge in [-0.2, -0.15) is 0 Å². The third-order valence-electron chi connectivity index (χ3n) is 5.89. The molecule has 142 valence electrons. The van der Waals surface area contributed by atoms with E-state index in [4.69, 9.17) is 14.5 Å². The van der Waals surface area contributed by atoms with Gasteiger partial charge in [0.1, 0.15) is 29.5 Å². The van der Waals surface area contributed by atoms with Crippen LogP contribution in [0.3, 0.4) is 0 Å². The van der Waals surface area contributed by atoms with Crippen molar-refractivity contribution in [2.45, 2.75) is 59.7 Å². The van der Waals surface area contributed by atoms with Crippen molar-refractivity contribution >= 4 is 11.0 Å². The van der Waals surface area contributed by atoms with Crippen LogP contribution in [0.2, 0.25) is 0 Å². The van der Waals surface area contributed by atoms with Gasteiger partial charge in [-0.25, -0.2) is 4.98 Å². The van der Waals surface area contributed by atoms with Crippen molar-refractivity contribution in [1.82, 2.24) is 9.55 Å². The van der Waals surface area contributed by atoms with Gasteiger partial charge in [0, 0.05) is 12.6 Å². The molecule has 0 bridgehead atoms. The van der Waals surface area contributed by atoms with E-state index in [1.54, 1.807) is 0 Å². The molecule has 2 heterocycles. The molecule has 0 aliphatic carbocycles. The molecule has 3 aromatic rings. The second kappa shape index (κ2) is 6.29. The minimum Gasteiger partial charge on any atom is -0.487 e. The van der Waals surface area contributed by atoms with Gasteiger partial charge in [0.15, 0.2) is 0 Å². The Morgan fingerprint density at radius 1 is 1.11 bits per heavy atom. The number of aromatic nitrogens is 2. The molecular weight excluding hydrogens is 336 g/mol. The fourth-order valence-corrected chi connectivity index (χ4v) is 4.03. The van der Waals surface area contributed by atoms with Gasteiger partial charge in [-0.15, -0.1) is 0 Å². The first kappa shape index (κ1) is 17.9. The van der Waals surface area contributed by atoms with Crippen molar-refractivity contribution in [2.75, 3.05) is 0 Å². The van der Waals surface area contributed by atoms with Gasteiger partial charge in [0.25, 0.3) is 0 Å². The zero-order valence-electron chi connectivity index (χ0n) is 17.1. The van der Waals surface area contributed by atoms with E-state index >= 15 is 0 Å². The maximum Gasteiger partial charge on any atom is 0.147 e. The molecule has 27 heavy (non-hydrogen) atoms. The molecule has 0 unspecified atom stereocenters. The van der Waals surface area contributed by atoms with Gasteiger partial charge in [-0.1, -0.05) is 12.1 Å². The minimum atomic E-state index is -0.105. The predicted octanol–water partition coefficient (Wildman–Crippen LogP) is 5.18. The van der Waals surface area contributed by atoms with Crippen LogP contribution in [0.5, 0.6) is 11.5 Å². The van der Waals surface area contributed by atoms with Gasteiger partial charge in [-0.05, 0) is 76.3 Å². The van der Waals surface area contributed by atoms with Crippen LogP contribution < -0.4 is 9.47 Å². The van der Waals surface area contributed by atoms with Gasteiger partial charge in [0.2, 0.25) is 0 Å². The number of hydrogen-bond donors (Lipinski definition) is 0. The van der Waals surface area contributed by atoms with Crippen LogP contribution in [-0.4, -0.2) is 15.2 Å². The topological polar surface area (TPSA) is 36.3 Å². The summed E-state index contributed by atoms with van der Waals surface area (Å²) in [5, 5.41) is 0. The molecular formula is C23H28N2O2. The second-order valence-electron chi connectivity index (χ2n) is 8.24. The van der Waals surface area contributed by atoms with Crippen molar-refractivity contribution in [2.24, 2.45) is 7.05 Å². The lowest BCUT2D eigenvalue weighted by atomic mass is 9.88. The number of ether oxygens (including phenoxy) is 2. The van der Waals surface area contributed by atoms with E-state index in [0.29, 0.717) is 6.61 Å². The highest BCUT2D eigenvalue weighted by molar-refractivity contribution is 5.75. The molecule has 4 rings (SSSR count). The van der Waals surface area contributed by atoms with Crippen molar-refractivity contribution in [3.8, 4) is 11.5 Å². The molecule has 0 N–H and O–H groups in total. The van der Waals surface area contributed by atoms with Crippen LogP contribution in [0.15, 0.2) is 24.3 Å². The number of hydrogen-bond acceptors (Lipinski definition) is 3. The number of nitrogens with zero attached hydrogens (tertiary/aromatic N) is 2. The molecule has 4 nitrogen and oxygen atoms in total. The normalized spacial score (nSPS) is 15.5. The molecule has 0 saturated carbocycles. The summed E-state index contributed by atoms with van der Waals surface area (Å²) < 4.78 is 14.7. The Kier molecular flexibility index (Phi) is 4.17. The Hall–Kier alpha value is -2.49. The molecule has 0 saturated heterocycles. The maximum atomic E-state index is 6.32. The summed E-state index contributed by atoms with van der Waals surface area (Å²) in [7, 11) is 2.04. The highest BCUT2D eigenvalue weighted by Crippen LogP contribution is 2.43. The maximum absolute atomic E-state index is 6.32. The number of para-hydroxylation sites is 2. The summed E-state index contributed by atoms with van der Waals surface area (Å²) in [4.78, 5) is 4.73. The van der Waals surface area contributed by atoms with Crippen LogP contribution in [0.1, 0.15) is 48.3 Å². The zero-order valence-corrected chi connectivity index (χ0v) is 17.1. The molecule has 1 aliphatic rings. The first-order chi connectivity index (χ1) is 12.8. The summed E-state index contributed by atoms with van der Waals surface area (Å²) >= 11 is 0. The first-order valence-electron chi connectivity index (χ1n) is 9.63. The molecule has 0 radical (unpaired) electrons. The molecule has 1 aliphatic heterocycles. The van der Waals surface area contributed by atoms with Crippen molar-refractivity contribution in [3.63, 3.8) is 0 Å².